The molecule has 0 aliphatic carbocycles. The lowest BCUT2D eigenvalue weighted by molar-refractivity contribution is 0.0686. The molecule has 0 saturated heterocycles. The molecule has 0 radical (unpaired) electrons. The first-order valence-electron chi connectivity index (χ1n) is 11.7. The highest BCUT2D eigenvalue weighted by molar-refractivity contribution is 5.87. The van der Waals surface area contributed by atoms with Gasteiger partial charge in [-0.3, -0.25) is 0 Å². The third-order valence-electron chi connectivity index (χ3n) is 4.97. The lowest BCUT2D eigenvalue weighted by Crippen LogP contribution is -2.15. The Kier molecular flexibility index (Phi) is 16.4. The molecule has 4 N–H and O–H groups in total. The number of aryl methyl sites for hydroxylation is 2. The van der Waals surface area contributed by atoms with Gasteiger partial charge in [0.15, 0.2) is 0 Å². The molecule has 184 valence electrons. The van der Waals surface area contributed by atoms with Crippen LogP contribution in [0.2, 0.25) is 0 Å². The van der Waals surface area contributed by atoms with Crippen LogP contribution in [0.5, 0.6) is 0 Å². The van der Waals surface area contributed by atoms with Crippen LogP contribution in [-0.4, -0.2) is 44.6 Å². The van der Waals surface area contributed by atoms with Gasteiger partial charge in [0.05, 0.1) is 23.3 Å². The number of aromatic carboxylic acids is 2. The standard InChI is InChI=1S/2C10H12O2.C7H16O2/c2*1-2-3-8-4-6-9(7-5-8)10(11)12;1-3-6(8)5-7(9)4-2/h2*4-7H,2-3H2,1H3,(H,11,12);6-9H,3-5H2,1-2H3/t;;6-,7-/m..1/s1. The summed E-state index contributed by atoms with van der Waals surface area (Å²) >= 11 is 0. The molecule has 0 aliphatic heterocycles. The molecule has 6 heteroatoms. The molecular formula is C27H40O6. The molecule has 2 aromatic carbocycles. The second-order valence-corrected chi connectivity index (χ2v) is 7.86. The molecule has 2 aromatic rings. The minimum atomic E-state index is -0.863. The summed E-state index contributed by atoms with van der Waals surface area (Å²) in [5.74, 6) is -1.73. The van der Waals surface area contributed by atoms with Crippen molar-refractivity contribution in [2.75, 3.05) is 0 Å². The van der Waals surface area contributed by atoms with E-state index in [1.165, 1.54) is 11.1 Å². The summed E-state index contributed by atoms with van der Waals surface area (Å²) < 4.78 is 0. The van der Waals surface area contributed by atoms with Crippen LogP contribution in [0.1, 0.15) is 91.6 Å². The van der Waals surface area contributed by atoms with Crippen LogP contribution in [0.4, 0.5) is 0 Å². The van der Waals surface area contributed by atoms with Gasteiger partial charge in [-0.2, -0.15) is 0 Å². The molecule has 0 spiro atoms. The Balaban J connectivity index is 0.000000472. The van der Waals surface area contributed by atoms with Gasteiger partial charge < -0.3 is 20.4 Å². The largest absolute Gasteiger partial charge is 0.478 e. The van der Waals surface area contributed by atoms with Crippen LogP contribution in [0.15, 0.2) is 48.5 Å². The minimum absolute atomic E-state index is 0.319. The summed E-state index contributed by atoms with van der Waals surface area (Å²) in [5.41, 5.74) is 3.11. The van der Waals surface area contributed by atoms with E-state index in [0.29, 0.717) is 17.5 Å². The smallest absolute Gasteiger partial charge is 0.335 e. The predicted octanol–water partition coefficient (Wildman–Crippen LogP) is 5.59. The Bertz CT molecular complexity index is 716. The molecule has 0 aliphatic rings. The second kappa shape index (κ2) is 17.8. The topological polar surface area (TPSA) is 115 Å². The van der Waals surface area contributed by atoms with Crippen molar-refractivity contribution >= 4 is 11.9 Å². The van der Waals surface area contributed by atoms with E-state index in [9.17, 15) is 9.59 Å². The van der Waals surface area contributed by atoms with Gasteiger partial charge in [0, 0.05) is 0 Å². The highest BCUT2D eigenvalue weighted by atomic mass is 16.4. The van der Waals surface area contributed by atoms with Crippen LogP contribution in [0.3, 0.4) is 0 Å². The summed E-state index contributed by atoms with van der Waals surface area (Å²) in [6.45, 7) is 8.02. The number of aliphatic hydroxyl groups excluding tert-OH is 2. The first-order chi connectivity index (χ1) is 15.7. The fourth-order valence-corrected chi connectivity index (χ4v) is 2.85. The predicted molar refractivity (Wildman–Crippen MR) is 132 cm³/mol. The van der Waals surface area contributed by atoms with E-state index in [2.05, 4.69) is 13.8 Å². The Morgan fingerprint density at radius 2 is 0.939 bits per heavy atom. The fourth-order valence-electron chi connectivity index (χ4n) is 2.85. The first kappa shape index (κ1) is 30.3. The van der Waals surface area contributed by atoms with Gasteiger partial charge in [-0.15, -0.1) is 0 Å². The van der Waals surface area contributed by atoms with Gasteiger partial charge in [-0.25, -0.2) is 9.59 Å². The monoisotopic (exact) mass is 460 g/mol. The highest BCUT2D eigenvalue weighted by Crippen LogP contribution is 2.07. The van der Waals surface area contributed by atoms with E-state index in [0.717, 1.165) is 38.5 Å². The lowest BCUT2D eigenvalue weighted by Gasteiger charge is -2.11. The number of aliphatic hydroxyl groups is 2. The van der Waals surface area contributed by atoms with Crippen molar-refractivity contribution in [1.29, 1.82) is 0 Å². The fraction of sp³-hybridized carbons (Fsp3) is 0.481. The van der Waals surface area contributed by atoms with Crippen molar-refractivity contribution in [3.8, 4) is 0 Å². The van der Waals surface area contributed by atoms with Crippen LogP contribution >= 0.6 is 0 Å². The average molecular weight is 461 g/mol. The van der Waals surface area contributed by atoms with E-state index in [1.807, 2.05) is 38.1 Å². The Morgan fingerprint density at radius 1 is 0.636 bits per heavy atom. The third-order valence-corrected chi connectivity index (χ3v) is 4.97. The quantitative estimate of drug-likeness (QED) is 0.367. The number of rotatable bonds is 10. The lowest BCUT2D eigenvalue weighted by atomic mass is 10.1. The summed E-state index contributed by atoms with van der Waals surface area (Å²) in [4.78, 5) is 20.9. The minimum Gasteiger partial charge on any atom is -0.478 e. The zero-order valence-electron chi connectivity index (χ0n) is 20.3. The Morgan fingerprint density at radius 3 is 1.15 bits per heavy atom. The molecule has 0 heterocycles. The molecule has 33 heavy (non-hydrogen) atoms. The molecule has 0 saturated carbocycles. The molecule has 0 bridgehead atoms. The number of carboxylic acid groups (broad SMARTS) is 2. The van der Waals surface area contributed by atoms with Crippen molar-refractivity contribution in [2.24, 2.45) is 0 Å². The van der Waals surface area contributed by atoms with Crippen LogP contribution < -0.4 is 0 Å². The van der Waals surface area contributed by atoms with Gasteiger partial charge in [0.2, 0.25) is 0 Å². The van der Waals surface area contributed by atoms with Gasteiger partial charge in [0.25, 0.3) is 0 Å². The zero-order valence-corrected chi connectivity index (χ0v) is 20.3. The van der Waals surface area contributed by atoms with Crippen LogP contribution in [-0.2, 0) is 12.8 Å². The summed E-state index contributed by atoms with van der Waals surface area (Å²) in [6.07, 6.45) is 5.56. The molecular weight excluding hydrogens is 420 g/mol. The number of carbonyl (C=O) groups is 2. The molecule has 2 atom stereocenters. The molecule has 2 rings (SSSR count). The summed E-state index contributed by atoms with van der Waals surface area (Å²) in [6, 6.07) is 14.1. The second-order valence-electron chi connectivity index (χ2n) is 7.86. The Labute approximate surface area is 197 Å². The number of hydrogen-bond acceptors (Lipinski definition) is 4. The average Bonchev–Trinajstić information content (AvgIpc) is 2.81. The maximum atomic E-state index is 10.5. The molecule has 0 fully saturated rings. The molecule has 0 unspecified atom stereocenters. The normalized spacial score (nSPS) is 11.8. The highest BCUT2D eigenvalue weighted by Gasteiger charge is 2.06. The molecule has 0 amide bonds. The number of hydrogen-bond donors (Lipinski definition) is 4. The van der Waals surface area contributed by atoms with Crippen LogP contribution in [0, 0.1) is 0 Å². The maximum Gasteiger partial charge on any atom is 0.335 e. The van der Waals surface area contributed by atoms with Crippen molar-refractivity contribution in [1.82, 2.24) is 0 Å². The van der Waals surface area contributed by atoms with Gasteiger partial charge in [-0.1, -0.05) is 64.8 Å². The van der Waals surface area contributed by atoms with Gasteiger partial charge >= 0.3 is 11.9 Å². The molecule has 6 nitrogen and oxygen atoms in total. The van der Waals surface area contributed by atoms with Crippen molar-refractivity contribution in [2.45, 2.75) is 84.8 Å². The van der Waals surface area contributed by atoms with E-state index >= 15 is 0 Å². The van der Waals surface area contributed by atoms with Gasteiger partial charge in [-0.05, 0) is 67.5 Å². The summed E-state index contributed by atoms with van der Waals surface area (Å²) in [5, 5.41) is 35.2. The zero-order chi connectivity index (χ0) is 25.2. The third kappa shape index (κ3) is 14.1. The SMILES string of the molecule is CCCc1ccc(C(=O)O)cc1.CCCc1ccc(C(=O)O)cc1.CC[C@@H](O)C[C@H](O)CC. The van der Waals surface area contributed by atoms with E-state index in [4.69, 9.17) is 20.4 Å². The first-order valence-corrected chi connectivity index (χ1v) is 11.7. The van der Waals surface area contributed by atoms with E-state index in [-0.39, 0.29) is 12.2 Å². The van der Waals surface area contributed by atoms with Gasteiger partial charge in [0.1, 0.15) is 0 Å². The van der Waals surface area contributed by atoms with E-state index in [1.54, 1.807) is 24.3 Å². The number of carboxylic acids is 2. The van der Waals surface area contributed by atoms with Crippen molar-refractivity contribution in [3.05, 3.63) is 70.8 Å². The summed E-state index contributed by atoms with van der Waals surface area (Å²) in [7, 11) is 0. The van der Waals surface area contributed by atoms with Crippen LogP contribution in [0.25, 0.3) is 0 Å². The van der Waals surface area contributed by atoms with Crippen molar-refractivity contribution < 1.29 is 30.0 Å². The van der Waals surface area contributed by atoms with E-state index < -0.39 is 11.9 Å². The maximum absolute atomic E-state index is 10.5. The Hall–Kier alpha value is -2.70. The number of benzene rings is 2. The molecule has 0 aromatic heterocycles. The van der Waals surface area contributed by atoms with Crippen molar-refractivity contribution in [3.63, 3.8) is 0 Å².